The molecule has 0 radical (unpaired) electrons. The fraction of sp³-hybridized carbons (Fsp3) is 0.375. The monoisotopic (exact) mass is 259 g/mol. The van der Waals surface area contributed by atoms with E-state index in [0.29, 0.717) is 6.04 Å². The average molecular weight is 259 g/mol. The maximum Gasteiger partial charge on any atom is 0.0348 e. The molecule has 0 atom stereocenters. The summed E-state index contributed by atoms with van der Waals surface area (Å²) < 4.78 is 0. The van der Waals surface area contributed by atoms with E-state index in [0.717, 1.165) is 13.0 Å². The highest BCUT2D eigenvalue weighted by Crippen LogP contribution is 2.30. The van der Waals surface area contributed by atoms with Crippen LogP contribution < -0.4 is 5.32 Å². The van der Waals surface area contributed by atoms with Gasteiger partial charge >= 0.3 is 0 Å². The van der Waals surface area contributed by atoms with Gasteiger partial charge in [0.15, 0.2) is 0 Å². The van der Waals surface area contributed by atoms with Crippen molar-refractivity contribution in [2.75, 3.05) is 0 Å². The third-order valence-electron chi connectivity index (χ3n) is 3.01. The Morgan fingerprint density at radius 2 is 1.89 bits per heavy atom. The molecule has 1 N–H and O–H groups in total. The summed E-state index contributed by atoms with van der Waals surface area (Å²) in [6, 6.07) is 13.7. The van der Waals surface area contributed by atoms with Crippen LogP contribution in [0.15, 0.2) is 36.4 Å². The molecule has 2 aromatic rings. The highest BCUT2D eigenvalue weighted by Gasteiger charge is 2.06. The molecule has 0 spiro atoms. The smallest absolute Gasteiger partial charge is 0.0348 e. The molecule has 0 fully saturated rings. The predicted octanol–water partition coefficient (Wildman–Crippen LogP) is 4.48. The third-order valence-corrected chi connectivity index (χ3v) is 4.13. The summed E-state index contributed by atoms with van der Waals surface area (Å²) in [5, 5.41) is 3.47. The molecule has 0 aliphatic heterocycles. The highest BCUT2D eigenvalue weighted by atomic mass is 32.1. The first-order valence-corrected chi connectivity index (χ1v) is 7.42. The number of thiophene rings is 1. The van der Waals surface area contributed by atoms with Crippen LogP contribution in [0.4, 0.5) is 0 Å². The molecule has 1 heterocycles. The summed E-state index contributed by atoms with van der Waals surface area (Å²) in [4.78, 5) is 2.79. The molecule has 0 saturated carbocycles. The molecule has 0 amide bonds. The van der Waals surface area contributed by atoms with Gasteiger partial charge in [-0.25, -0.2) is 0 Å². The highest BCUT2D eigenvalue weighted by molar-refractivity contribution is 7.15. The van der Waals surface area contributed by atoms with Crippen molar-refractivity contribution in [2.45, 2.75) is 39.8 Å². The van der Waals surface area contributed by atoms with Gasteiger partial charge in [0.1, 0.15) is 0 Å². The normalized spacial score (nSPS) is 11.1. The van der Waals surface area contributed by atoms with Crippen LogP contribution in [0.3, 0.4) is 0 Å². The van der Waals surface area contributed by atoms with Gasteiger partial charge in [-0.3, -0.25) is 0 Å². The summed E-state index contributed by atoms with van der Waals surface area (Å²) in [7, 11) is 0. The fourth-order valence-electron chi connectivity index (χ4n) is 1.99. The van der Waals surface area contributed by atoms with E-state index < -0.39 is 0 Å². The van der Waals surface area contributed by atoms with Crippen molar-refractivity contribution in [1.29, 1.82) is 0 Å². The minimum atomic E-state index is 0.540. The molecule has 1 aromatic carbocycles. The Bertz CT molecular complexity index is 499. The minimum absolute atomic E-state index is 0.540. The number of benzene rings is 1. The summed E-state index contributed by atoms with van der Waals surface area (Å²) in [5.74, 6) is 0. The maximum absolute atomic E-state index is 3.47. The van der Waals surface area contributed by atoms with E-state index >= 15 is 0 Å². The van der Waals surface area contributed by atoms with Gasteiger partial charge in [-0.2, -0.15) is 0 Å². The second kappa shape index (κ2) is 6.17. The Kier molecular flexibility index (Phi) is 4.56. The van der Waals surface area contributed by atoms with E-state index in [-0.39, 0.29) is 0 Å². The zero-order valence-corrected chi connectivity index (χ0v) is 12.2. The second-order valence-corrected chi connectivity index (χ2v) is 5.98. The Morgan fingerprint density at radius 1 is 1.11 bits per heavy atom. The van der Waals surface area contributed by atoms with Crippen molar-refractivity contribution >= 4 is 11.3 Å². The van der Waals surface area contributed by atoms with Crippen LogP contribution >= 0.6 is 11.3 Å². The van der Waals surface area contributed by atoms with Crippen molar-refractivity contribution in [1.82, 2.24) is 5.32 Å². The average Bonchev–Trinajstić information content (AvgIpc) is 2.85. The van der Waals surface area contributed by atoms with E-state index in [4.69, 9.17) is 0 Å². The van der Waals surface area contributed by atoms with Crippen LogP contribution in [0.5, 0.6) is 0 Å². The number of rotatable bonds is 5. The first-order valence-electron chi connectivity index (χ1n) is 6.61. The lowest BCUT2D eigenvalue weighted by molar-refractivity contribution is 0.593. The molecule has 1 aromatic heterocycles. The summed E-state index contributed by atoms with van der Waals surface area (Å²) in [5.41, 5.74) is 2.82. The zero-order valence-electron chi connectivity index (χ0n) is 11.4. The second-order valence-electron chi connectivity index (χ2n) is 4.81. The van der Waals surface area contributed by atoms with E-state index in [9.17, 15) is 0 Å². The third kappa shape index (κ3) is 3.21. The molecule has 0 unspecified atom stereocenters. The molecule has 2 rings (SSSR count). The molecule has 0 aliphatic rings. The minimum Gasteiger partial charge on any atom is -0.310 e. The molecule has 0 saturated heterocycles. The lowest BCUT2D eigenvalue weighted by Crippen LogP contribution is -2.21. The van der Waals surface area contributed by atoms with Crippen molar-refractivity contribution in [2.24, 2.45) is 0 Å². The standard InChI is InChI=1S/C16H21NS/c1-4-13-7-5-6-8-15(13)16-10-9-14(18-16)11-17-12(2)3/h5-10,12,17H,4,11H2,1-3H3. The van der Waals surface area contributed by atoms with Crippen LogP contribution in [0.25, 0.3) is 10.4 Å². The van der Waals surface area contributed by atoms with Crippen molar-refractivity contribution in [3.8, 4) is 10.4 Å². The van der Waals surface area contributed by atoms with E-state index in [1.54, 1.807) is 0 Å². The predicted molar refractivity (Wildman–Crippen MR) is 81.1 cm³/mol. The molecule has 2 heteroatoms. The maximum atomic E-state index is 3.47. The molecule has 18 heavy (non-hydrogen) atoms. The van der Waals surface area contributed by atoms with Gasteiger partial charge in [-0.15, -0.1) is 11.3 Å². The number of hydrogen-bond acceptors (Lipinski definition) is 2. The largest absolute Gasteiger partial charge is 0.310 e. The van der Waals surface area contributed by atoms with Crippen molar-refractivity contribution in [3.05, 3.63) is 46.8 Å². The van der Waals surface area contributed by atoms with E-state index in [1.165, 1.54) is 20.9 Å². The molecular formula is C16H21NS. The van der Waals surface area contributed by atoms with Crippen molar-refractivity contribution in [3.63, 3.8) is 0 Å². The quantitative estimate of drug-likeness (QED) is 0.835. The lowest BCUT2D eigenvalue weighted by atomic mass is 10.0. The first kappa shape index (κ1) is 13.3. The summed E-state index contributed by atoms with van der Waals surface area (Å²) in [6.45, 7) is 7.55. The molecule has 1 nitrogen and oxygen atoms in total. The van der Waals surface area contributed by atoms with E-state index in [1.807, 2.05) is 11.3 Å². The van der Waals surface area contributed by atoms with Gasteiger partial charge in [-0.05, 0) is 29.7 Å². The van der Waals surface area contributed by atoms with E-state index in [2.05, 4.69) is 62.5 Å². The Labute approximate surface area is 114 Å². The van der Waals surface area contributed by atoms with Crippen LogP contribution in [-0.2, 0) is 13.0 Å². The van der Waals surface area contributed by atoms with Crippen LogP contribution in [-0.4, -0.2) is 6.04 Å². The molecule has 0 bridgehead atoms. The first-order chi connectivity index (χ1) is 8.70. The summed E-state index contributed by atoms with van der Waals surface area (Å²) in [6.07, 6.45) is 1.09. The van der Waals surface area contributed by atoms with Crippen LogP contribution in [0, 0.1) is 0 Å². The Balaban J connectivity index is 2.18. The molecular weight excluding hydrogens is 238 g/mol. The topological polar surface area (TPSA) is 12.0 Å². The van der Waals surface area contributed by atoms with Gasteiger partial charge in [0.05, 0.1) is 0 Å². The van der Waals surface area contributed by atoms with Crippen LogP contribution in [0.2, 0.25) is 0 Å². The van der Waals surface area contributed by atoms with Gasteiger partial charge in [-0.1, -0.05) is 45.0 Å². The van der Waals surface area contributed by atoms with Crippen LogP contribution in [0.1, 0.15) is 31.2 Å². The molecule has 96 valence electrons. The van der Waals surface area contributed by atoms with Gasteiger partial charge in [0.2, 0.25) is 0 Å². The Hall–Kier alpha value is -1.12. The van der Waals surface area contributed by atoms with Gasteiger partial charge in [0.25, 0.3) is 0 Å². The lowest BCUT2D eigenvalue weighted by Gasteiger charge is -2.06. The number of nitrogens with one attached hydrogen (secondary N) is 1. The van der Waals surface area contributed by atoms with Gasteiger partial charge in [0, 0.05) is 22.3 Å². The zero-order chi connectivity index (χ0) is 13.0. The summed E-state index contributed by atoms with van der Waals surface area (Å²) >= 11 is 1.89. The Morgan fingerprint density at radius 3 is 2.61 bits per heavy atom. The van der Waals surface area contributed by atoms with Gasteiger partial charge < -0.3 is 5.32 Å². The number of hydrogen-bond donors (Lipinski definition) is 1. The molecule has 0 aliphatic carbocycles. The SMILES string of the molecule is CCc1ccccc1-c1ccc(CNC(C)C)s1. The van der Waals surface area contributed by atoms with Crippen molar-refractivity contribution < 1.29 is 0 Å². The fourth-order valence-corrected chi connectivity index (χ4v) is 3.01. The number of aryl methyl sites for hydroxylation is 1.